The summed E-state index contributed by atoms with van der Waals surface area (Å²) in [7, 11) is 2.06. The predicted molar refractivity (Wildman–Crippen MR) is 87.0 cm³/mol. The Balaban J connectivity index is 1.59. The molecule has 4 rings (SSSR count). The van der Waals surface area contributed by atoms with Crippen LogP contribution in [0.5, 0.6) is 0 Å². The average Bonchev–Trinajstić information content (AvgIpc) is 2.96. The van der Waals surface area contributed by atoms with E-state index < -0.39 is 23.5 Å². The molecule has 1 unspecified atom stereocenters. The first-order chi connectivity index (χ1) is 12.2. The molecule has 0 aliphatic carbocycles. The van der Waals surface area contributed by atoms with Crippen molar-refractivity contribution in [2.75, 3.05) is 7.05 Å². The third-order valence-electron chi connectivity index (χ3n) is 5.51. The Morgan fingerprint density at radius 1 is 1.23 bits per heavy atom. The monoisotopic (exact) mass is 369 g/mol. The lowest BCUT2D eigenvalue weighted by atomic mass is 10.0. The van der Waals surface area contributed by atoms with Crippen molar-refractivity contribution in [3.05, 3.63) is 34.2 Å². The first-order valence-corrected chi connectivity index (χ1v) is 8.49. The van der Waals surface area contributed by atoms with Crippen LogP contribution in [0.1, 0.15) is 31.2 Å². The number of ether oxygens (including phenoxy) is 1. The molecule has 9 heteroatoms. The van der Waals surface area contributed by atoms with Gasteiger partial charge in [0, 0.05) is 24.9 Å². The summed E-state index contributed by atoms with van der Waals surface area (Å²) in [4.78, 5) is 29.2. The third-order valence-corrected chi connectivity index (χ3v) is 5.51. The van der Waals surface area contributed by atoms with E-state index in [2.05, 4.69) is 16.9 Å². The van der Waals surface area contributed by atoms with Crippen LogP contribution in [0.15, 0.2) is 23.0 Å². The van der Waals surface area contributed by atoms with Crippen LogP contribution in [-0.4, -0.2) is 45.8 Å². The molecular formula is C17H18F3N3O3. The molecule has 140 valence electrons. The van der Waals surface area contributed by atoms with Crippen LogP contribution in [0.2, 0.25) is 0 Å². The fourth-order valence-corrected chi connectivity index (χ4v) is 4.12. The maximum atomic E-state index is 12.8. The van der Waals surface area contributed by atoms with E-state index in [0.29, 0.717) is 24.9 Å². The lowest BCUT2D eigenvalue weighted by molar-refractivity contribution is -0.137. The first-order valence-electron chi connectivity index (χ1n) is 8.49. The van der Waals surface area contributed by atoms with Gasteiger partial charge in [0.05, 0.1) is 16.6 Å². The fourth-order valence-electron chi connectivity index (χ4n) is 4.12. The molecule has 2 aliphatic rings. The Hall–Kier alpha value is -2.29. The number of carbonyl (C=O) groups excluding carboxylic acids is 1. The van der Waals surface area contributed by atoms with E-state index in [1.807, 2.05) is 0 Å². The van der Waals surface area contributed by atoms with Gasteiger partial charge in [-0.1, -0.05) is 0 Å². The first kappa shape index (κ1) is 17.1. The number of alkyl halides is 3. The molecule has 0 radical (unpaired) electrons. The van der Waals surface area contributed by atoms with Crippen molar-refractivity contribution in [1.82, 2.24) is 14.5 Å². The van der Waals surface area contributed by atoms with Crippen LogP contribution >= 0.6 is 0 Å². The summed E-state index contributed by atoms with van der Waals surface area (Å²) < 4.78 is 44.7. The van der Waals surface area contributed by atoms with Gasteiger partial charge in [0.1, 0.15) is 6.10 Å². The van der Waals surface area contributed by atoms with E-state index in [9.17, 15) is 22.8 Å². The summed E-state index contributed by atoms with van der Waals surface area (Å²) in [5.41, 5.74) is -1.67. The minimum Gasteiger partial charge on any atom is -0.445 e. The number of benzene rings is 1. The number of nitrogens with zero attached hydrogens (tertiary/aromatic N) is 2. The van der Waals surface area contributed by atoms with E-state index in [0.717, 1.165) is 35.6 Å². The maximum absolute atomic E-state index is 12.8. The highest BCUT2D eigenvalue weighted by molar-refractivity contribution is 5.86. The molecule has 2 fully saturated rings. The van der Waals surface area contributed by atoms with E-state index in [1.165, 1.54) is 0 Å². The van der Waals surface area contributed by atoms with Crippen molar-refractivity contribution in [1.29, 1.82) is 0 Å². The molecule has 2 saturated heterocycles. The van der Waals surface area contributed by atoms with Gasteiger partial charge in [0.15, 0.2) is 0 Å². The highest BCUT2D eigenvalue weighted by Gasteiger charge is 2.40. The lowest BCUT2D eigenvalue weighted by Crippen LogP contribution is -2.44. The van der Waals surface area contributed by atoms with E-state index >= 15 is 0 Å². The minimum atomic E-state index is -4.53. The number of H-pyrrole nitrogens is 1. The van der Waals surface area contributed by atoms with Gasteiger partial charge in [-0.3, -0.25) is 0 Å². The molecule has 1 N–H and O–H groups in total. The summed E-state index contributed by atoms with van der Waals surface area (Å²) in [6.07, 6.45) is -2.15. The molecule has 6 nitrogen and oxygen atoms in total. The van der Waals surface area contributed by atoms with Gasteiger partial charge in [0.2, 0.25) is 0 Å². The third kappa shape index (κ3) is 2.80. The van der Waals surface area contributed by atoms with Gasteiger partial charge in [-0.15, -0.1) is 0 Å². The Labute approximate surface area is 146 Å². The van der Waals surface area contributed by atoms with Crippen molar-refractivity contribution >= 4 is 17.1 Å². The zero-order chi connectivity index (χ0) is 18.6. The molecule has 3 heterocycles. The van der Waals surface area contributed by atoms with E-state index in [1.54, 1.807) is 0 Å². The second-order valence-corrected chi connectivity index (χ2v) is 7.02. The molecule has 2 bridgehead atoms. The van der Waals surface area contributed by atoms with Crippen LogP contribution in [0.3, 0.4) is 0 Å². The van der Waals surface area contributed by atoms with Gasteiger partial charge in [-0.2, -0.15) is 17.7 Å². The van der Waals surface area contributed by atoms with Crippen LogP contribution in [0, 0.1) is 0 Å². The number of rotatable bonds is 1. The smallest absolute Gasteiger partial charge is 0.423 e. The topological polar surface area (TPSA) is 67.3 Å². The van der Waals surface area contributed by atoms with Crippen molar-refractivity contribution in [3.63, 3.8) is 0 Å². The molecule has 1 aromatic heterocycles. The Kier molecular flexibility index (Phi) is 3.87. The van der Waals surface area contributed by atoms with Crippen molar-refractivity contribution < 1.29 is 22.7 Å². The number of aromatic amines is 1. The molecule has 26 heavy (non-hydrogen) atoms. The zero-order valence-corrected chi connectivity index (χ0v) is 14.0. The summed E-state index contributed by atoms with van der Waals surface area (Å²) in [6.45, 7) is 0. The Morgan fingerprint density at radius 2 is 1.88 bits per heavy atom. The van der Waals surface area contributed by atoms with E-state index in [-0.39, 0.29) is 17.1 Å². The van der Waals surface area contributed by atoms with Gasteiger partial charge in [-0.05, 0) is 38.1 Å². The highest BCUT2D eigenvalue weighted by atomic mass is 19.4. The minimum absolute atomic E-state index is 0.0507. The number of hydrogen-bond donors (Lipinski definition) is 1. The number of piperidine rings is 1. The molecule has 0 amide bonds. The van der Waals surface area contributed by atoms with Gasteiger partial charge in [-0.25, -0.2) is 9.59 Å². The van der Waals surface area contributed by atoms with Crippen LogP contribution in [0.25, 0.3) is 11.0 Å². The molecule has 0 saturated carbocycles. The second-order valence-electron chi connectivity index (χ2n) is 7.02. The lowest BCUT2D eigenvalue weighted by Gasteiger charge is -2.35. The summed E-state index contributed by atoms with van der Waals surface area (Å²) in [5, 5.41) is 0. The number of carbonyl (C=O) groups is 1. The molecule has 3 atom stereocenters. The van der Waals surface area contributed by atoms with Crippen molar-refractivity contribution in [2.45, 2.75) is 50.0 Å². The number of hydrogen-bond acceptors (Lipinski definition) is 4. The highest BCUT2D eigenvalue weighted by Crippen LogP contribution is 2.35. The summed E-state index contributed by atoms with van der Waals surface area (Å²) >= 11 is 0. The van der Waals surface area contributed by atoms with Crippen LogP contribution in [0.4, 0.5) is 18.0 Å². The summed E-state index contributed by atoms with van der Waals surface area (Å²) in [6, 6.07) is 3.49. The number of aromatic nitrogens is 2. The van der Waals surface area contributed by atoms with Gasteiger partial charge < -0.3 is 14.6 Å². The van der Waals surface area contributed by atoms with Crippen LogP contribution in [-0.2, 0) is 10.9 Å². The molecular weight excluding hydrogens is 351 g/mol. The SMILES string of the molecule is CN1[C@@H]2CC[C@H]1CC(OC(=O)n1c(=O)[nH]c3cc(C(F)(F)F)ccc31)C2. The fraction of sp³-hybridized carbons (Fsp3) is 0.529. The average molecular weight is 369 g/mol. The normalized spacial score (nSPS) is 26.4. The molecule has 2 aliphatic heterocycles. The van der Waals surface area contributed by atoms with Gasteiger partial charge in [0.25, 0.3) is 0 Å². The predicted octanol–water partition coefficient (Wildman–Crippen LogP) is 2.96. The largest absolute Gasteiger partial charge is 0.445 e. The maximum Gasteiger partial charge on any atom is 0.423 e. The zero-order valence-electron chi connectivity index (χ0n) is 14.0. The Morgan fingerprint density at radius 3 is 2.50 bits per heavy atom. The molecule has 1 aromatic carbocycles. The molecule has 2 aromatic rings. The van der Waals surface area contributed by atoms with Crippen LogP contribution < -0.4 is 5.69 Å². The quantitative estimate of drug-likeness (QED) is 0.839. The summed E-state index contributed by atoms with van der Waals surface area (Å²) in [5.74, 6) is 0. The molecule has 0 spiro atoms. The van der Waals surface area contributed by atoms with Gasteiger partial charge >= 0.3 is 18.0 Å². The Bertz CT molecular complexity index is 903. The van der Waals surface area contributed by atoms with Crippen molar-refractivity contribution in [2.24, 2.45) is 0 Å². The van der Waals surface area contributed by atoms with Crippen molar-refractivity contribution in [3.8, 4) is 0 Å². The van der Waals surface area contributed by atoms with E-state index in [4.69, 9.17) is 4.74 Å². The standard InChI is InChI=1S/C17H18F3N3O3/c1-22-10-3-4-11(22)8-12(7-10)26-16(25)23-14-5-2-9(17(18,19)20)6-13(14)21-15(23)24/h2,5-6,10-12H,3-4,7-8H2,1H3,(H,21,24)/t10-,11+,12?. The number of fused-ring (bicyclic) bond motifs is 3. The number of nitrogens with one attached hydrogen (secondary N) is 1. The second kappa shape index (κ2) is 5.87. The number of halogens is 3. The number of imidazole rings is 1.